The maximum Gasteiger partial charge on any atom is 0.293 e. The number of nitrogens with zero attached hydrogens (tertiary/aromatic N) is 2. The first-order valence-corrected chi connectivity index (χ1v) is 11.1. The Kier molecular flexibility index (Phi) is 5.59. The molecule has 0 radical (unpaired) electrons. The summed E-state index contributed by atoms with van der Waals surface area (Å²) in [6, 6.07) is 16.0. The highest BCUT2D eigenvalue weighted by Gasteiger charge is 2.20. The highest BCUT2D eigenvalue weighted by Crippen LogP contribution is 2.33. The van der Waals surface area contributed by atoms with E-state index in [1.54, 1.807) is 49.4 Å². The number of nitrogens with one attached hydrogen (secondary N) is 2. The molecular weight excluding hydrogens is 472 g/mol. The van der Waals surface area contributed by atoms with Crippen LogP contribution in [0.4, 0.5) is 16.5 Å². The summed E-state index contributed by atoms with van der Waals surface area (Å²) in [6.45, 7) is 1.76. The number of aryl methyl sites for hydroxylation is 1. The Morgan fingerprint density at radius 1 is 1.00 bits per heavy atom. The van der Waals surface area contributed by atoms with Gasteiger partial charge in [0.1, 0.15) is 5.76 Å². The summed E-state index contributed by atoms with van der Waals surface area (Å²) in [5.74, 6) is -0.528. The fourth-order valence-electron chi connectivity index (χ4n) is 3.42. The number of thiazole rings is 1. The second-order valence-electron chi connectivity index (χ2n) is 7.53. The van der Waals surface area contributed by atoms with Gasteiger partial charge in [-0.25, -0.2) is 4.98 Å². The largest absolute Gasteiger partial charge is 0.459 e. The van der Waals surface area contributed by atoms with Crippen LogP contribution in [0.25, 0.3) is 21.5 Å². The topological polar surface area (TPSA) is 141 Å². The molecular formula is C24H16N4O6S. The third kappa shape index (κ3) is 4.52. The molecule has 0 aliphatic rings. The normalized spacial score (nSPS) is 10.9. The second kappa shape index (κ2) is 8.88. The van der Waals surface area contributed by atoms with E-state index in [1.807, 2.05) is 0 Å². The van der Waals surface area contributed by atoms with Gasteiger partial charge in [0, 0.05) is 11.8 Å². The molecule has 0 saturated carbocycles. The molecule has 5 aromatic rings. The van der Waals surface area contributed by atoms with Gasteiger partial charge in [-0.3, -0.25) is 25.0 Å². The molecule has 2 aromatic carbocycles. The third-order valence-corrected chi connectivity index (χ3v) is 5.99. The Labute approximate surface area is 201 Å². The van der Waals surface area contributed by atoms with E-state index < -0.39 is 16.7 Å². The van der Waals surface area contributed by atoms with Crippen LogP contribution in [0.3, 0.4) is 0 Å². The van der Waals surface area contributed by atoms with Crippen LogP contribution in [0.15, 0.2) is 75.8 Å². The monoisotopic (exact) mass is 488 g/mol. The van der Waals surface area contributed by atoms with Crippen LogP contribution >= 0.6 is 11.3 Å². The van der Waals surface area contributed by atoms with Gasteiger partial charge in [-0.2, -0.15) is 0 Å². The lowest BCUT2D eigenvalue weighted by molar-refractivity contribution is -0.384. The van der Waals surface area contributed by atoms with E-state index in [0.717, 1.165) is 10.3 Å². The van der Waals surface area contributed by atoms with E-state index >= 15 is 0 Å². The summed E-state index contributed by atoms with van der Waals surface area (Å²) < 4.78 is 11.4. The molecule has 3 aromatic heterocycles. The van der Waals surface area contributed by atoms with Crippen molar-refractivity contribution in [3.63, 3.8) is 0 Å². The number of rotatable bonds is 6. The van der Waals surface area contributed by atoms with E-state index in [2.05, 4.69) is 15.6 Å². The zero-order valence-corrected chi connectivity index (χ0v) is 18.9. The van der Waals surface area contributed by atoms with Crippen LogP contribution < -0.4 is 10.6 Å². The number of furan rings is 2. The van der Waals surface area contributed by atoms with Crippen molar-refractivity contribution < 1.29 is 23.3 Å². The van der Waals surface area contributed by atoms with E-state index in [0.29, 0.717) is 16.3 Å². The van der Waals surface area contributed by atoms with Crippen molar-refractivity contribution >= 4 is 49.9 Å². The van der Waals surface area contributed by atoms with E-state index in [1.165, 1.54) is 35.8 Å². The average molecular weight is 488 g/mol. The standard InChI is InChI=1S/C24H16N4O6S/c1-13-4-6-15(17(11-13)28(31)32)18-8-9-20(34-18)23(30)25-14-5-7-16-21(12-14)35-24(26-16)27-22(29)19-3-2-10-33-19/h2-12H,1H3,(H,25,30)(H,26,27,29). The van der Waals surface area contributed by atoms with Crippen LogP contribution in [-0.4, -0.2) is 21.7 Å². The third-order valence-electron chi connectivity index (χ3n) is 5.06. The van der Waals surface area contributed by atoms with Crippen molar-refractivity contribution in [2.24, 2.45) is 0 Å². The number of carbonyl (C=O) groups is 2. The molecule has 0 unspecified atom stereocenters. The average Bonchev–Trinajstić information content (AvgIpc) is 3.59. The Balaban J connectivity index is 1.33. The van der Waals surface area contributed by atoms with Crippen molar-refractivity contribution in [1.82, 2.24) is 4.98 Å². The van der Waals surface area contributed by atoms with Crippen LogP contribution in [0.2, 0.25) is 0 Å². The molecule has 2 N–H and O–H groups in total. The molecule has 0 spiro atoms. The number of fused-ring (bicyclic) bond motifs is 1. The van der Waals surface area contributed by atoms with E-state index in [-0.39, 0.29) is 28.5 Å². The molecule has 11 heteroatoms. The smallest absolute Gasteiger partial charge is 0.293 e. The Bertz CT molecular complexity index is 1580. The number of nitro benzene ring substituents is 1. The number of carbonyl (C=O) groups excluding carboxylic acids is 2. The first kappa shape index (κ1) is 22.0. The number of amides is 2. The van der Waals surface area contributed by atoms with Gasteiger partial charge in [-0.15, -0.1) is 0 Å². The van der Waals surface area contributed by atoms with Crippen LogP contribution in [0.1, 0.15) is 26.7 Å². The van der Waals surface area contributed by atoms with Gasteiger partial charge < -0.3 is 14.2 Å². The van der Waals surface area contributed by atoms with Crippen molar-refractivity contribution in [3.8, 4) is 11.3 Å². The Morgan fingerprint density at radius 2 is 1.83 bits per heavy atom. The molecule has 10 nitrogen and oxygen atoms in total. The van der Waals surface area contributed by atoms with Crippen molar-refractivity contribution in [1.29, 1.82) is 0 Å². The van der Waals surface area contributed by atoms with Gasteiger partial charge in [0.05, 0.1) is 27.0 Å². The minimum absolute atomic E-state index is 0.00525. The minimum Gasteiger partial charge on any atom is -0.459 e. The summed E-state index contributed by atoms with van der Waals surface area (Å²) in [5, 5.41) is 17.2. The molecule has 5 rings (SSSR count). The number of hydrogen-bond donors (Lipinski definition) is 2. The summed E-state index contributed by atoms with van der Waals surface area (Å²) >= 11 is 1.24. The fraction of sp³-hybridized carbons (Fsp3) is 0.0417. The Hall–Kier alpha value is -4.77. The van der Waals surface area contributed by atoms with Gasteiger partial charge >= 0.3 is 0 Å². The number of anilines is 2. The molecule has 0 fully saturated rings. The Morgan fingerprint density at radius 3 is 2.60 bits per heavy atom. The first-order chi connectivity index (χ1) is 16.9. The van der Waals surface area contributed by atoms with E-state index in [9.17, 15) is 19.7 Å². The minimum atomic E-state index is -0.513. The quantitative estimate of drug-likeness (QED) is 0.225. The van der Waals surface area contributed by atoms with Gasteiger partial charge in [-0.1, -0.05) is 17.4 Å². The zero-order chi connectivity index (χ0) is 24.5. The molecule has 0 bridgehead atoms. The lowest BCUT2D eigenvalue weighted by Crippen LogP contribution is -2.10. The highest BCUT2D eigenvalue weighted by atomic mass is 32.1. The summed E-state index contributed by atoms with van der Waals surface area (Å²) in [4.78, 5) is 40.2. The fourth-order valence-corrected chi connectivity index (χ4v) is 4.32. The number of nitro groups is 1. The lowest BCUT2D eigenvalue weighted by Gasteiger charge is -2.03. The summed E-state index contributed by atoms with van der Waals surface area (Å²) in [5.41, 5.74) is 2.07. The van der Waals surface area contributed by atoms with Crippen molar-refractivity contribution in [2.45, 2.75) is 6.92 Å². The molecule has 2 amide bonds. The van der Waals surface area contributed by atoms with Crippen LogP contribution in [-0.2, 0) is 0 Å². The summed E-state index contributed by atoms with van der Waals surface area (Å²) in [7, 11) is 0. The maximum atomic E-state index is 12.7. The number of benzene rings is 2. The predicted octanol–water partition coefficient (Wildman–Crippen LogP) is 5.87. The van der Waals surface area contributed by atoms with Crippen LogP contribution in [0.5, 0.6) is 0 Å². The highest BCUT2D eigenvalue weighted by molar-refractivity contribution is 7.22. The molecule has 0 aliphatic heterocycles. The molecule has 0 aliphatic carbocycles. The lowest BCUT2D eigenvalue weighted by atomic mass is 10.1. The second-order valence-corrected chi connectivity index (χ2v) is 8.56. The SMILES string of the molecule is Cc1ccc(-c2ccc(C(=O)Nc3ccc4nc(NC(=O)c5ccco5)sc4c3)o2)c([N+](=O)[O-])c1. The maximum absolute atomic E-state index is 12.7. The van der Waals surface area contributed by atoms with Gasteiger partial charge in [0.15, 0.2) is 16.7 Å². The summed E-state index contributed by atoms with van der Waals surface area (Å²) in [6.07, 6.45) is 1.41. The van der Waals surface area contributed by atoms with E-state index in [4.69, 9.17) is 8.83 Å². The molecule has 35 heavy (non-hydrogen) atoms. The van der Waals surface area contributed by atoms with Gasteiger partial charge in [0.2, 0.25) is 0 Å². The number of hydrogen-bond acceptors (Lipinski definition) is 8. The predicted molar refractivity (Wildman–Crippen MR) is 130 cm³/mol. The zero-order valence-electron chi connectivity index (χ0n) is 18.1. The molecule has 0 atom stereocenters. The van der Waals surface area contributed by atoms with Crippen molar-refractivity contribution in [2.75, 3.05) is 10.6 Å². The molecule has 0 saturated heterocycles. The van der Waals surface area contributed by atoms with Gasteiger partial charge in [0.25, 0.3) is 17.5 Å². The number of aromatic nitrogens is 1. The first-order valence-electron chi connectivity index (χ1n) is 10.3. The van der Waals surface area contributed by atoms with Crippen LogP contribution in [0, 0.1) is 17.0 Å². The van der Waals surface area contributed by atoms with Crippen molar-refractivity contribution in [3.05, 3.63) is 94.1 Å². The van der Waals surface area contributed by atoms with Gasteiger partial charge in [-0.05, 0) is 61.0 Å². The molecule has 3 heterocycles. The molecule has 174 valence electrons.